The molecule has 34 heavy (non-hydrogen) atoms. The maximum Gasteiger partial charge on any atom is 0.255 e. The topological polar surface area (TPSA) is 74.1 Å². The number of hydrogen-bond donors (Lipinski definition) is 1. The smallest absolute Gasteiger partial charge is 0.255 e. The number of amides is 1. The number of aryl methyl sites for hydroxylation is 1. The Kier molecular flexibility index (Phi) is 8.14. The van der Waals surface area contributed by atoms with Gasteiger partial charge in [-0.1, -0.05) is 32.1 Å². The first kappa shape index (κ1) is 24.6. The number of nitrogens with one attached hydrogen (secondary N) is 1. The maximum atomic E-state index is 12.9. The number of carbonyl (C=O) groups excluding carboxylic acids is 1. The van der Waals surface area contributed by atoms with E-state index in [1.807, 2.05) is 67.9 Å². The first-order valence-electron chi connectivity index (χ1n) is 11.2. The van der Waals surface area contributed by atoms with Crippen molar-refractivity contribution in [3.63, 3.8) is 0 Å². The van der Waals surface area contributed by atoms with Crippen LogP contribution >= 0.6 is 0 Å². The van der Waals surface area contributed by atoms with E-state index < -0.39 is 0 Å². The fraction of sp³-hybridized carbons (Fsp3) is 0.259. The van der Waals surface area contributed by atoms with Crippen molar-refractivity contribution in [1.82, 2.24) is 14.7 Å². The van der Waals surface area contributed by atoms with Crippen LogP contribution in [0.1, 0.15) is 41.9 Å². The quantitative estimate of drug-likeness (QED) is 0.536. The Morgan fingerprint density at radius 2 is 1.76 bits per heavy atom. The van der Waals surface area contributed by atoms with E-state index >= 15 is 0 Å². The second-order valence-corrected chi connectivity index (χ2v) is 7.38. The van der Waals surface area contributed by atoms with Crippen molar-refractivity contribution >= 4 is 17.1 Å². The highest BCUT2D eigenvalue weighted by Crippen LogP contribution is 2.38. The lowest BCUT2D eigenvalue weighted by atomic mass is 10.1. The molecule has 178 valence electrons. The van der Waals surface area contributed by atoms with Gasteiger partial charge in [0, 0.05) is 30.1 Å². The Morgan fingerprint density at radius 1 is 1.06 bits per heavy atom. The number of aromatic nitrogens is 2. The van der Waals surface area contributed by atoms with Crippen LogP contribution in [0, 0.1) is 6.92 Å². The van der Waals surface area contributed by atoms with Crippen LogP contribution in [0.3, 0.4) is 0 Å². The normalized spacial score (nSPS) is 12.6. The number of pyridine rings is 1. The van der Waals surface area contributed by atoms with E-state index in [0.717, 1.165) is 22.6 Å². The summed E-state index contributed by atoms with van der Waals surface area (Å²) in [7, 11) is 4.56. The number of hydrogen-bond acceptors (Lipinski definition) is 5. The predicted octanol–water partition coefficient (Wildman–Crippen LogP) is 5.35. The molecule has 7 nitrogen and oxygen atoms in total. The molecule has 0 spiro atoms. The summed E-state index contributed by atoms with van der Waals surface area (Å²) in [6, 6.07) is 7.35. The van der Waals surface area contributed by atoms with Crippen LogP contribution in [0.2, 0.25) is 0 Å². The summed E-state index contributed by atoms with van der Waals surface area (Å²) < 4.78 is 18.0. The molecule has 1 amide bonds. The molecule has 1 aromatic carbocycles. The van der Waals surface area contributed by atoms with E-state index in [4.69, 9.17) is 19.2 Å². The highest BCUT2D eigenvalue weighted by atomic mass is 16.5. The van der Waals surface area contributed by atoms with E-state index in [-0.39, 0.29) is 5.91 Å². The van der Waals surface area contributed by atoms with Crippen molar-refractivity contribution in [2.24, 2.45) is 0 Å². The van der Waals surface area contributed by atoms with Crippen molar-refractivity contribution in [2.45, 2.75) is 27.2 Å². The van der Waals surface area contributed by atoms with Crippen molar-refractivity contribution in [1.29, 1.82) is 0 Å². The number of methoxy groups -OCH3 is 3. The maximum absolute atomic E-state index is 12.9. The average molecular weight is 462 g/mol. The summed E-state index contributed by atoms with van der Waals surface area (Å²) in [6.07, 6.45) is 12.4. The second-order valence-electron chi connectivity index (χ2n) is 7.38. The Labute approximate surface area is 200 Å². The number of nitrogens with zero attached hydrogens (tertiary/aromatic N) is 2. The third-order valence-corrected chi connectivity index (χ3v) is 5.23. The van der Waals surface area contributed by atoms with Crippen LogP contribution in [0.15, 0.2) is 66.7 Å². The van der Waals surface area contributed by atoms with Gasteiger partial charge in [-0.2, -0.15) is 0 Å². The minimum Gasteiger partial charge on any atom is -0.493 e. The molecule has 2 heterocycles. The number of carbonyl (C=O) groups is 1. The molecule has 0 unspecified atom stereocenters. The van der Waals surface area contributed by atoms with Gasteiger partial charge in [0.1, 0.15) is 5.65 Å². The van der Waals surface area contributed by atoms with Crippen LogP contribution in [-0.2, 0) is 0 Å². The zero-order chi connectivity index (χ0) is 24.7. The van der Waals surface area contributed by atoms with Gasteiger partial charge in [-0.25, -0.2) is 4.98 Å². The molecule has 0 aliphatic heterocycles. The van der Waals surface area contributed by atoms with E-state index in [1.54, 1.807) is 12.1 Å². The molecule has 0 radical (unpaired) electrons. The molecule has 3 aromatic rings. The minimum atomic E-state index is -0.260. The van der Waals surface area contributed by atoms with Gasteiger partial charge in [0.15, 0.2) is 11.5 Å². The Morgan fingerprint density at radius 3 is 2.41 bits per heavy atom. The SMILES string of the molecule is CC.COc1cc(C(=O)NC2=CC=CC(c3cn4ccc(C)cc4n3)=CC2)cc(OC)c1OC. The van der Waals surface area contributed by atoms with E-state index in [2.05, 4.69) is 11.4 Å². The third-order valence-electron chi connectivity index (χ3n) is 5.23. The molecule has 0 fully saturated rings. The van der Waals surface area contributed by atoms with Crippen LogP contribution in [0.25, 0.3) is 11.2 Å². The molecule has 1 N–H and O–H groups in total. The summed E-state index contributed by atoms with van der Waals surface area (Å²) in [5.41, 5.74) is 5.14. The van der Waals surface area contributed by atoms with Crippen molar-refractivity contribution in [2.75, 3.05) is 21.3 Å². The van der Waals surface area contributed by atoms with Crippen LogP contribution < -0.4 is 19.5 Å². The molecule has 2 aromatic heterocycles. The summed E-state index contributed by atoms with van der Waals surface area (Å²) in [5, 5.41) is 2.97. The summed E-state index contributed by atoms with van der Waals surface area (Å²) >= 11 is 0. The van der Waals surface area contributed by atoms with Crippen molar-refractivity contribution < 1.29 is 19.0 Å². The van der Waals surface area contributed by atoms with Crippen molar-refractivity contribution in [3.8, 4) is 17.2 Å². The van der Waals surface area contributed by atoms with Gasteiger partial charge in [-0.05, 0) is 48.4 Å². The fourth-order valence-corrected chi connectivity index (χ4v) is 3.56. The van der Waals surface area contributed by atoms with Crippen LogP contribution in [-0.4, -0.2) is 36.6 Å². The summed E-state index contributed by atoms with van der Waals surface area (Å²) in [5.74, 6) is 1.04. The highest BCUT2D eigenvalue weighted by molar-refractivity contribution is 5.96. The number of fused-ring (bicyclic) bond motifs is 1. The standard InChI is InChI=1S/C25H25N3O4.C2H6/c1-16-10-11-28-15-20(27-23(28)12-16)17-6-5-7-19(9-8-17)26-25(29)18-13-21(30-2)24(32-4)22(14-18)31-3;1-2/h5-8,10-15H,9H2,1-4H3,(H,26,29);1-2H3. The van der Waals surface area contributed by atoms with E-state index in [9.17, 15) is 4.79 Å². The molecule has 4 rings (SSSR count). The van der Waals surface area contributed by atoms with Gasteiger partial charge >= 0.3 is 0 Å². The van der Waals surface area contributed by atoms with Gasteiger partial charge < -0.3 is 23.9 Å². The molecular weight excluding hydrogens is 430 g/mol. The third kappa shape index (κ3) is 5.31. The monoisotopic (exact) mass is 461 g/mol. The lowest BCUT2D eigenvalue weighted by Crippen LogP contribution is -2.22. The zero-order valence-electron chi connectivity index (χ0n) is 20.5. The Bertz CT molecular complexity index is 1240. The van der Waals surface area contributed by atoms with Crippen LogP contribution in [0.5, 0.6) is 17.2 Å². The second kappa shape index (κ2) is 11.2. The molecule has 1 aliphatic carbocycles. The lowest BCUT2D eigenvalue weighted by Gasteiger charge is -2.14. The number of benzene rings is 1. The molecule has 7 heteroatoms. The van der Waals surface area contributed by atoms with Gasteiger partial charge in [0.25, 0.3) is 5.91 Å². The molecule has 1 aliphatic rings. The molecular formula is C27H31N3O4. The Balaban J connectivity index is 0.00000158. The first-order chi connectivity index (χ1) is 16.5. The number of allylic oxidation sites excluding steroid dienone is 5. The summed E-state index contributed by atoms with van der Waals surface area (Å²) in [6.45, 7) is 6.05. The Hall–Kier alpha value is -4.00. The van der Waals surface area contributed by atoms with Gasteiger partial charge in [0.05, 0.1) is 27.0 Å². The van der Waals surface area contributed by atoms with E-state index in [1.165, 1.54) is 26.9 Å². The van der Waals surface area contributed by atoms with Crippen LogP contribution in [0.4, 0.5) is 0 Å². The predicted molar refractivity (Wildman–Crippen MR) is 135 cm³/mol. The molecule has 0 atom stereocenters. The van der Waals surface area contributed by atoms with Gasteiger partial charge in [-0.15, -0.1) is 0 Å². The molecule has 0 saturated carbocycles. The largest absolute Gasteiger partial charge is 0.493 e. The zero-order valence-corrected chi connectivity index (χ0v) is 20.5. The van der Waals surface area contributed by atoms with E-state index in [0.29, 0.717) is 29.2 Å². The number of ether oxygens (including phenoxy) is 3. The number of rotatable bonds is 6. The highest BCUT2D eigenvalue weighted by Gasteiger charge is 2.18. The lowest BCUT2D eigenvalue weighted by molar-refractivity contribution is 0.0964. The fourth-order valence-electron chi connectivity index (χ4n) is 3.56. The van der Waals surface area contributed by atoms with Crippen molar-refractivity contribution in [3.05, 3.63) is 83.5 Å². The number of imidazole rings is 1. The summed E-state index contributed by atoms with van der Waals surface area (Å²) in [4.78, 5) is 17.6. The molecule has 0 saturated heterocycles. The van der Waals surface area contributed by atoms with Gasteiger partial charge in [0.2, 0.25) is 5.75 Å². The van der Waals surface area contributed by atoms with Gasteiger partial charge in [-0.3, -0.25) is 4.79 Å². The minimum absolute atomic E-state index is 0.260. The molecule has 0 bridgehead atoms. The first-order valence-corrected chi connectivity index (χ1v) is 11.2. The average Bonchev–Trinajstić information content (AvgIpc) is 3.14.